The van der Waals surface area contributed by atoms with Crippen molar-refractivity contribution in [3.63, 3.8) is 0 Å². The molecule has 0 saturated carbocycles. The molecule has 1 rings (SSSR count). The summed E-state index contributed by atoms with van der Waals surface area (Å²) in [5.41, 5.74) is -3.22. The largest absolute Gasteiger partial charge is 0.464 e. The number of H-pyrrole nitrogens is 1. The average molecular weight is 697 g/mol. The summed E-state index contributed by atoms with van der Waals surface area (Å²) >= 11 is 0. The van der Waals surface area contributed by atoms with E-state index in [1.807, 2.05) is 13.8 Å². The molecule has 0 fully saturated rings. The highest BCUT2D eigenvalue weighted by atomic mass is 16.6. The van der Waals surface area contributed by atoms with E-state index in [1.54, 1.807) is 13.8 Å². The van der Waals surface area contributed by atoms with E-state index < -0.39 is 58.7 Å². The number of rotatable bonds is 26. The van der Waals surface area contributed by atoms with Gasteiger partial charge in [-0.15, -0.1) is 0 Å². The number of aromatic amines is 1. The Kier molecular flexibility index (Phi) is 20.9. The maximum atomic E-state index is 13.5. The quantitative estimate of drug-likeness (QED) is 0.0453. The van der Waals surface area contributed by atoms with E-state index in [9.17, 15) is 33.6 Å². The number of carbonyl (C=O) groups excluding carboxylic acids is 7. The molecular weight excluding hydrogens is 644 g/mol. The van der Waals surface area contributed by atoms with E-state index in [0.29, 0.717) is 44.8 Å². The molecular formula is C34H52N2O13. The normalized spacial score (nSPS) is 12.6. The van der Waals surface area contributed by atoms with Crippen molar-refractivity contribution in [3.05, 3.63) is 17.2 Å². The third-order valence-electron chi connectivity index (χ3n) is 7.43. The number of carbonyl (C=O) groups is 7. The Morgan fingerprint density at radius 1 is 0.714 bits per heavy atom. The van der Waals surface area contributed by atoms with Crippen molar-refractivity contribution in [1.29, 1.82) is 0 Å². The molecule has 276 valence electrons. The zero-order valence-corrected chi connectivity index (χ0v) is 29.4. The van der Waals surface area contributed by atoms with Gasteiger partial charge in [0.1, 0.15) is 0 Å². The lowest BCUT2D eigenvalue weighted by molar-refractivity contribution is -0.185. The van der Waals surface area contributed by atoms with E-state index in [-0.39, 0.29) is 51.5 Å². The van der Waals surface area contributed by atoms with Gasteiger partial charge in [0.25, 0.3) is 5.41 Å². The van der Waals surface area contributed by atoms with Crippen LogP contribution in [0.1, 0.15) is 143 Å². The van der Waals surface area contributed by atoms with Crippen LogP contribution < -0.4 is 0 Å². The fraction of sp³-hybridized carbons (Fsp3) is 0.706. The first-order valence-electron chi connectivity index (χ1n) is 17.1. The van der Waals surface area contributed by atoms with E-state index in [1.165, 1.54) is 0 Å². The number of hydrogen-bond donors (Lipinski definition) is 1. The van der Waals surface area contributed by atoms with Gasteiger partial charge in [0.2, 0.25) is 0 Å². The summed E-state index contributed by atoms with van der Waals surface area (Å²) in [4.78, 5) is 95.1. The smallest absolute Gasteiger partial charge is 0.360 e. The Bertz CT molecular complexity index is 1230. The number of imidazole rings is 1. The first kappa shape index (κ1) is 42.7. The van der Waals surface area contributed by atoms with Gasteiger partial charge in [-0.3, -0.25) is 19.2 Å². The average Bonchev–Trinajstić information content (AvgIpc) is 3.54. The van der Waals surface area contributed by atoms with Crippen LogP contribution in [-0.2, 0) is 47.6 Å². The SMILES string of the molecule is CCCCCCOC(=O)C(CCCCCCC(OC(=O)c1nc(C=O)[nH]c1C(=O)OC)C(=O)OCC)(C(=O)OCCC)C(=O)OCCCC. The lowest BCUT2D eigenvalue weighted by atomic mass is 9.82. The second kappa shape index (κ2) is 23.9. The predicted molar refractivity (Wildman–Crippen MR) is 174 cm³/mol. The predicted octanol–water partition coefficient (Wildman–Crippen LogP) is 4.84. The van der Waals surface area contributed by atoms with Crippen LogP contribution in [0.25, 0.3) is 0 Å². The molecule has 0 aliphatic rings. The van der Waals surface area contributed by atoms with Crippen molar-refractivity contribution in [3.8, 4) is 0 Å². The Labute approximate surface area is 287 Å². The minimum Gasteiger partial charge on any atom is -0.464 e. The molecule has 15 heteroatoms. The first-order chi connectivity index (χ1) is 23.6. The summed E-state index contributed by atoms with van der Waals surface area (Å²) in [7, 11) is 1.07. The van der Waals surface area contributed by atoms with Gasteiger partial charge < -0.3 is 33.4 Å². The van der Waals surface area contributed by atoms with E-state index in [0.717, 1.165) is 32.8 Å². The zero-order chi connectivity index (χ0) is 36.7. The van der Waals surface area contributed by atoms with Crippen molar-refractivity contribution in [1.82, 2.24) is 9.97 Å². The highest BCUT2D eigenvalue weighted by Gasteiger charge is 2.57. The van der Waals surface area contributed by atoms with Gasteiger partial charge >= 0.3 is 35.8 Å². The number of nitrogens with zero attached hydrogens (tertiary/aromatic N) is 1. The molecule has 2 unspecified atom stereocenters. The molecule has 1 aromatic rings. The third kappa shape index (κ3) is 13.6. The monoisotopic (exact) mass is 696 g/mol. The van der Waals surface area contributed by atoms with Gasteiger partial charge in [-0.25, -0.2) is 19.4 Å². The van der Waals surface area contributed by atoms with Crippen molar-refractivity contribution in [2.75, 3.05) is 33.5 Å². The summed E-state index contributed by atoms with van der Waals surface area (Å²) in [5, 5.41) is 0. The van der Waals surface area contributed by atoms with Crippen LogP contribution in [0, 0.1) is 5.41 Å². The second-order valence-corrected chi connectivity index (χ2v) is 11.3. The summed E-state index contributed by atoms with van der Waals surface area (Å²) in [6, 6.07) is 0. The lowest BCUT2D eigenvalue weighted by Gasteiger charge is -2.27. The van der Waals surface area contributed by atoms with Crippen molar-refractivity contribution >= 4 is 42.1 Å². The Morgan fingerprint density at radius 2 is 1.31 bits per heavy atom. The molecule has 1 aromatic heterocycles. The molecule has 0 radical (unpaired) electrons. The Hall–Kier alpha value is -4.30. The number of esters is 6. The van der Waals surface area contributed by atoms with Crippen molar-refractivity contribution in [2.24, 2.45) is 5.41 Å². The molecule has 0 aliphatic carbocycles. The molecule has 0 aliphatic heterocycles. The molecule has 0 bridgehead atoms. The number of hydrogen-bond acceptors (Lipinski definition) is 14. The number of aldehydes is 1. The minimum absolute atomic E-state index is 0.0103. The van der Waals surface area contributed by atoms with Crippen LogP contribution >= 0.6 is 0 Å². The van der Waals surface area contributed by atoms with E-state index in [4.69, 9.17) is 23.7 Å². The van der Waals surface area contributed by atoms with Gasteiger partial charge in [-0.1, -0.05) is 65.7 Å². The van der Waals surface area contributed by atoms with Crippen LogP contribution in [0.15, 0.2) is 0 Å². The summed E-state index contributed by atoms with van der Waals surface area (Å²) in [5.74, 6) is -6.26. The van der Waals surface area contributed by atoms with Crippen LogP contribution in [0.2, 0.25) is 0 Å². The highest BCUT2D eigenvalue weighted by molar-refractivity contribution is 6.18. The maximum Gasteiger partial charge on any atom is 0.360 e. The lowest BCUT2D eigenvalue weighted by Crippen LogP contribution is -2.49. The number of nitrogens with one attached hydrogen (secondary N) is 1. The molecule has 0 aromatic carbocycles. The summed E-state index contributed by atoms with van der Waals surface area (Å²) in [6.45, 7) is 7.43. The summed E-state index contributed by atoms with van der Waals surface area (Å²) in [6.07, 6.45) is 5.25. The molecule has 2 atom stereocenters. The number of ether oxygens (including phenoxy) is 6. The van der Waals surface area contributed by atoms with Gasteiger partial charge in [-0.05, 0) is 45.4 Å². The van der Waals surface area contributed by atoms with Crippen LogP contribution in [-0.4, -0.2) is 91.7 Å². The van der Waals surface area contributed by atoms with Crippen molar-refractivity contribution < 1.29 is 62.0 Å². The third-order valence-corrected chi connectivity index (χ3v) is 7.43. The van der Waals surface area contributed by atoms with Crippen LogP contribution in [0.4, 0.5) is 0 Å². The van der Waals surface area contributed by atoms with Gasteiger partial charge in [0.05, 0.1) is 33.5 Å². The summed E-state index contributed by atoms with van der Waals surface area (Å²) < 4.78 is 31.2. The molecule has 15 nitrogen and oxygen atoms in total. The van der Waals surface area contributed by atoms with Gasteiger partial charge in [0, 0.05) is 0 Å². The van der Waals surface area contributed by atoms with Gasteiger partial charge in [-0.2, -0.15) is 0 Å². The Morgan fingerprint density at radius 3 is 1.88 bits per heavy atom. The zero-order valence-electron chi connectivity index (χ0n) is 29.4. The topological polar surface area (TPSA) is 204 Å². The minimum atomic E-state index is -2.28. The van der Waals surface area contributed by atoms with E-state index in [2.05, 4.69) is 14.7 Å². The number of aromatic nitrogens is 2. The van der Waals surface area contributed by atoms with Gasteiger partial charge in [0.15, 0.2) is 29.6 Å². The Balaban J connectivity index is 3.04. The molecule has 0 amide bonds. The fourth-order valence-electron chi connectivity index (χ4n) is 4.69. The standard InChI is InChI=1S/C34H52N2O13/c1-6-10-12-17-22-48-33(43)34(31(41)46-20-8-3,32(42)47-21-11-7-2)19-16-14-13-15-18-24(28(38)45-9-4)49-30(40)27-26(29(39)44-5)35-25(23-37)36-27/h23-24H,6-22H2,1-5H3,(H,35,36). The van der Waals surface area contributed by atoms with Crippen LogP contribution in [0.5, 0.6) is 0 Å². The highest BCUT2D eigenvalue weighted by Crippen LogP contribution is 2.32. The molecule has 1 N–H and O–H groups in total. The number of methoxy groups -OCH3 is 1. The molecule has 1 heterocycles. The fourth-order valence-corrected chi connectivity index (χ4v) is 4.69. The maximum absolute atomic E-state index is 13.5. The first-order valence-corrected chi connectivity index (χ1v) is 17.1. The molecule has 0 saturated heterocycles. The molecule has 49 heavy (non-hydrogen) atoms. The van der Waals surface area contributed by atoms with E-state index >= 15 is 0 Å². The molecule has 0 spiro atoms. The second-order valence-electron chi connectivity index (χ2n) is 11.3. The van der Waals surface area contributed by atoms with Crippen molar-refractivity contribution in [2.45, 2.75) is 117 Å². The number of unbranched alkanes of at least 4 members (excludes halogenated alkanes) is 7. The van der Waals surface area contributed by atoms with Crippen LogP contribution in [0.3, 0.4) is 0 Å².